The van der Waals surface area contributed by atoms with Crippen molar-refractivity contribution in [2.45, 2.75) is 26.1 Å². The molecule has 22 heavy (non-hydrogen) atoms. The molecule has 0 spiro atoms. The number of methoxy groups -OCH3 is 1. The molecule has 0 fully saturated rings. The first kappa shape index (κ1) is 16.0. The van der Waals surface area contributed by atoms with Gasteiger partial charge in [0.25, 0.3) is 0 Å². The van der Waals surface area contributed by atoms with Crippen LogP contribution in [0.5, 0.6) is 5.75 Å². The first-order chi connectivity index (χ1) is 10.7. The van der Waals surface area contributed by atoms with Gasteiger partial charge in [-0.05, 0) is 35.2 Å². The van der Waals surface area contributed by atoms with E-state index in [1.165, 1.54) is 7.11 Å². The van der Waals surface area contributed by atoms with Gasteiger partial charge in [-0.15, -0.1) is 0 Å². The standard InChI is InChI=1S/C18H20O4/c1-21-18(20)10-7-14-5-8-17(9-6-14)22-13-16-4-2-3-15(11-16)12-19/h2-6,8-9,11,19H,7,10,12-13H2,1H3. The van der Waals surface area contributed by atoms with Crippen LogP contribution in [0.4, 0.5) is 0 Å². The van der Waals surface area contributed by atoms with Crippen molar-refractivity contribution >= 4 is 5.97 Å². The number of aliphatic hydroxyl groups is 1. The lowest BCUT2D eigenvalue weighted by Crippen LogP contribution is -2.02. The third kappa shape index (κ3) is 4.90. The Morgan fingerprint density at radius 3 is 2.45 bits per heavy atom. The van der Waals surface area contributed by atoms with Gasteiger partial charge in [0.05, 0.1) is 13.7 Å². The first-order valence-corrected chi connectivity index (χ1v) is 7.18. The van der Waals surface area contributed by atoms with Gasteiger partial charge in [-0.2, -0.15) is 0 Å². The van der Waals surface area contributed by atoms with Crippen molar-refractivity contribution in [1.29, 1.82) is 0 Å². The molecule has 0 unspecified atom stereocenters. The second-order valence-electron chi connectivity index (χ2n) is 4.99. The molecule has 2 aromatic carbocycles. The summed E-state index contributed by atoms with van der Waals surface area (Å²) in [6.45, 7) is 0.484. The fourth-order valence-corrected chi connectivity index (χ4v) is 2.09. The fourth-order valence-electron chi connectivity index (χ4n) is 2.09. The van der Waals surface area contributed by atoms with E-state index in [9.17, 15) is 4.79 Å². The van der Waals surface area contributed by atoms with Gasteiger partial charge in [-0.3, -0.25) is 4.79 Å². The van der Waals surface area contributed by atoms with E-state index < -0.39 is 0 Å². The van der Waals surface area contributed by atoms with Crippen molar-refractivity contribution < 1.29 is 19.4 Å². The predicted octanol–water partition coefficient (Wildman–Crippen LogP) is 2.86. The Morgan fingerprint density at radius 2 is 1.77 bits per heavy atom. The van der Waals surface area contributed by atoms with Crippen LogP contribution < -0.4 is 4.74 Å². The summed E-state index contributed by atoms with van der Waals surface area (Å²) in [6.07, 6.45) is 1.04. The molecule has 0 saturated heterocycles. The molecule has 0 radical (unpaired) electrons. The van der Waals surface area contributed by atoms with Gasteiger partial charge in [0.2, 0.25) is 0 Å². The molecule has 0 heterocycles. The van der Waals surface area contributed by atoms with Crippen LogP contribution in [-0.4, -0.2) is 18.2 Å². The topological polar surface area (TPSA) is 55.8 Å². The monoisotopic (exact) mass is 300 g/mol. The predicted molar refractivity (Wildman–Crippen MR) is 83.5 cm³/mol. The maximum Gasteiger partial charge on any atom is 0.305 e. The van der Waals surface area contributed by atoms with Gasteiger partial charge in [-0.25, -0.2) is 0 Å². The van der Waals surface area contributed by atoms with E-state index in [-0.39, 0.29) is 12.6 Å². The van der Waals surface area contributed by atoms with Crippen LogP contribution in [0, 0.1) is 0 Å². The maximum absolute atomic E-state index is 11.1. The van der Waals surface area contributed by atoms with E-state index in [1.54, 1.807) is 0 Å². The van der Waals surface area contributed by atoms with E-state index in [0.717, 1.165) is 22.4 Å². The number of hydrogen-bond acceptors (Lipinski definition) is 4. The highest BCUT2D eigenvalue weighted by Gasteiger charge is 2.02. The Bertz CT molecular complexity index is 605. The Kier molecular flexibility index (Phi) is 5.98. The molecule has 2 rings (SSSR count). The molecule has 0 aliphatic heterocycles. The number of aryl methyl sites for hydroxylation is 1. The van der Waals surface area contributed by atoms with Gasteiger partial charge in [-0.1, -0.05) is 36.4 Å². The van der Waals surface area contributed by atoms with Gasteiger partial charge >= 0.3 is 5.97 Å². The van der Waals surface area contributed by atoms with Crippen molar-refractivity contribution in [3.63, 3.8) is 0 Å². The molecule has 116 valence electrons. The fraction of sp³-hybridized carbons (Fsp3) is 0.278. The Morgan fingerprint density at radius 1 is 1.05 bits per heavy atom. The molecule has 4 nitrogen and oxygen atoms in total. The minimum absolute atomic E-state index is 0.0305. The zero-order chi connectivity index (χ0) is 15.8. The molecule has 0 saturated carbocycles. The third-order valence-corrected chi connectivity index (χ3v) is 3.35. The second-order valence-corrected chi connectivity index (χ2v) is 4.99. The summed E-state index contributed by atoms with van der Waals surface area (Å²) < 4.78 is 10.3. The zero-order valence-corrected chi connectivity index (χ0v) is 12.6. The van der Waals surface area contributed by atoms with Crippen LogP contribution in [0.2, 0.25) is 0 Å². The molecule has 0 bridgehead atoms. The number of carbonyl (C=O) groups is 1. The normalized spacial score (nSPS) is 10.3. The smallest absolute Gasteiger partial charge is 0.305 e. The molecule has 4 heteroatoms. The molecule has 2 aromatic rings. The summed E-state index contributed by atoms with van der Waals surface area (Å²) >= 11 is 0. The molecule has 0 aliphatic rings. The summed E-state index contributed by atoms with van der Waals surface area (Å²) in [4.78, 5) is 11.1. The number of aliphatic hydroxyl groups excluding tert-OH is 1. The minimum Gasteiger partial charge on any atom is -0.489 e. The quantitative estimate of drug-likeness (QED) is 0.799. The van der Waals surface area contributed by atoms with Gasteiger partial charge in [0.15, 0.2) is 0 Å². The average molecular weight is 300 g/mol. The van der Waals surface area contributed by atoms with E-state index >= 15 is 0 Å². The van der Waals surface area contributed by atoms with Gasteiger partial charge < -0.3 is 14.6 Å². The molecule has 0 aromatic heterocycles. The number of benzene rings is 2. The molecule has 0 atom stereocenters. The number of hydrogen-bond donors (Lipinski definition) is 1. The van der Waals surface area contributed by atoms with Crippen LogP contribution in [-0.2, 0) is 29.2 Å². The molecular weight excluding hydrogens is 280 g/mol. The summed E-state index contributed by atoms with van der Waals surface area (Å²) in [6, 6.07) is 15.3. The van der Waals surface area contributed by atoms with Crippen LogP contribution >= 0.6 is 0 Å². The van der Waals surface area contributed by atoms with Crippen LogP contribution in [0.1, 0.15) is 23.1 Å². The zero-order valence-electron chi connectivity index (χ0n) is 12.6. The molecule has 0 amide bonds. The maximum atomic E-state index is 11.1. The molecular formula is C18H20O4. The Balaban J connectivity index is 1.86. The average Bonchev–Trinajstić information content (AvgIpc) is 2.58. The number of carbonyl (C=O) groups excluding carboxylic acids is 1. The van der Waals surface area contributed by atoms with Crippen molar-refractivity contribution in [1.82, 2.24) is 0 Å². The number of rotatable bonds is 7. The van der Waals surface area contributed by atoms with Crippen molar-refractivity contribution in [3.05, 3.63) is 65.2 Å². The van der Waals surface area contributed by atoms with Crippen LogP contribution in [0.25, 0.3) is 0 Å². The van der Waals surface area contributed by atoms with Gasteiger partial charge in [0, 0.05) is 6.42 Å². The minimum atomic E-state index is -0.205. The highest BCUT2D eigenvalue weighted by atomic mass is 16.5. The van der Waals surface area contributed by atoms with E-state index in [2.05, 4.69) is 4.74 Å². The largest absolute Gasteiger partial charge is 0.489 e. The SMILES string of the molecule is COC(=O)CCc1ccc(OCc2cccc(CO)c2)cc1. The van der Waals surface area contributed by atoms with Crippen LogP contribution in [0.3, 0.4) is 0 Å². The second kappa shape index (κ2) is 8.20. The summed E-state index contributed by atoms with van der Waals surface area (Å²) in [5.41, 5.74) is 2.96. The Hall–Kier alpha value is -2.33. The molecule has 1 N–H and O–H groups in total. The lowest BCUT2D eigenvalue weighted by Gasteiger charge is -2.08. The number of esters is 1. The van der Waals surface area contributed by atoms with Crippen molar-refractivity contribution in [2.24, 2.45) is 0 Å². The van der Waals surface area contributed by atoms with Crippen molar-refractivity contribution in [3.8, 4) is 5.75 Å². The summed E-state index contributed by atoms with van der Waals surface area (Å²) in [5, 5.41) is 9.11. The first-order valence-electron chi connectivity index (χ1n) is 7.18. The van der Waals surface area contributed by atoms with E-state index in [0.29, 0.717) is 19.4 Å². The Labute approximate surface area is 130 Å². The van der Waals surface area contributed by atoms with Gasteiger partial charge in [0.1, 0.15) is 12.4 Å². The molecule has 0 aliphatic carbocycles. The van der Waals surface area contributed by atoms with E-state index in [4.69, 9.17) is 9.84 Å². The highest BCUT2D eigenvalue weighted by Crippen LogP contribution is 2.16. The van der Waals surface area contributed by atoms with Crippen LogP contribution in [0.15, 0.2) is 48.5 Å². The summed E-state index contributed by atoms with van der Waals surface area (Å²) in [5.74, 6) is 0.570. The lowest BCUT2D eigenvalue weighted by atomic mass is 10.1. The van der Waals surface area contributed by atoms with Crippen molar-refractivity contribution in [2.75, 3.05) is 7.11 Å². The number of ether oxygens (including phenoxy) is 2. The third-order valence-electron chi connectivity index (χ3n) is 3.35. The summed E-state index contributed by atoms with van der Waals surface area (Å²) in [7, 11) is 1.39. The highest BCUT2D eigenvalue weighted by molar-refractivity contribution is 5.69. The van der Waals surface area contributed by atoms with E-state index in [1.807, 2.05) is 48.5 Å². The lowest BCUT2D eigenvalue weighted by molar-refractivity contribution is -0.140.